The van der Waals surface area contributed by atoms with Gasteiger partial charge in [0.25, 0.3) is 0 Å². The van der Waals surface area contributed by atoms with Gasteiger partial charge in [-0.15, -0.1) is 0 Å². The van der Waals surface area contributed by atoms with E-state index in [-0.39, 0.29) is 11.9 Å². The van der Waals surface area contributed by atoms with Crippen molar-refractivity contribution in [1.82, 2.24) is 9.55 Å². The van der Waals surface area contributed by atoms with Gasteiger partial charge in [0.05, 0.1) is 12.6 Å². The summed E-state index contributed by atoms with van der Waals surface area (Å²) in [5.74, 6) is 0.615. The summed E-state index contributed by atoms with van der Waals surface area (Å²) >= 11 is 0. The van der Waals surface area contributed by atoms with Crippen LogP contribution in [0.1, 0.15) is 18.5 Å². The van der Waals surface area contributed by atoms with Crippen molar-refractivity contribution in [1.29, 1.82) is 0 Å². The molecule has 1 aromatic carbocycles. The van der Waals surface area contributed by atoms with Crippen LogP contribution < -0.4 is 5.32 Å². The van der Waals surface area contributed by atoms with Crippen LogP contribution in [0, 0.1) is 5.82 Å². The number of nitrogens with one attached hydrogen (secondary N) is 1. The lowest BCUT2D eigenvalue weighted by molar-refractivity contribution is 0.163. The molecule has 2 aromatic rings. The van der Waals surface area contributed by atoms with Crippen molar-refractivity contribution >= 4 is 5.95 Å². The number of rotatable bonds is 7. The number of nitrogens with zero attached hydrogens (tertiary/aromatic N) is 2. The van der Waals surface area contributed by atoms with Gasteiger partial charge in [-0.1, -0.05) is 12.1 Å². The molecule has 1 aromatic heterocycles. The van der Waals surface area contributed by atoms with Crippen LogP contribution in [-0.4, -0.2) is 29.8 Å². The van der Waals surface area contributed by atoms with E-state index in [0.29, 0.717) is 13.2 Å². The normalized spacial score (nSPS) is 12.3. The second kappa shape index (κ2) is 7.05. The Balaban J connectivity index is 1.90. The maximum absolute atomic E-state index is 13.1. The molecule has 5 heteroatoms. The van der Waals surface area contributed by atoms with Gasteiger partial charge in [0.2, 0.25) is 5.95 Å². The fourth-order valence-corrected chi connectivity index (χ4v) is 2.14. The third-order valence-corrected chi connectivity index (χ3v) is 3.14. The smallest absolute Gasteiger partial charge is 0.203 e. The molecule has 20 heavy (non-hydrogen) atoms. The summed E-state index contributed by atoms with van der Waals surface area (Å²) in [6, 6.07) is 6.88. The number of imidazole rings is 1. The lowest BCUT2D eigenvalue weighted by Gasteiger charge is -2.16. The fraction of sp³-hybridized carbons (Fsp3) is 0.400. The van der Waals surface area contributed by atoms with Crippen molar-refractivity contribution in [2.24, 2.45) is 0 Å². The number of halogens is 1. The molecule has 0 fully saturated rings. The number of benzene rings is 1. The molecule has 0 spiro atoms. The monoisotopic (exact) mass is 277 g/mol. The number of methoxy groups -OCH3 is 1. The minimum atomic E-state index is -0.197. The summed E-state index contributed by atoms with van der Waals surface area (Å²) in [6.07, 6.45) is 4.44. The van der Waals surface area contributed by atoms with E-state index in [2.05, 4.69) is 17.2 Å². The van der Waals surface area contributed by atoms with Crippen LogP contribution in [-0.2, 0) is 11.2 Å². The van der Waals surface area contributed by atoms with E-state index in [0.717, 1.165) is 17.9 Å². The molecule has 1 atom stereocenters. The average Bonchev–Trinajstić information content (AvgIpc) is 2.87. The second-order valence-electron chi connectivity index (χ2n) is 4.77. The van der Waals surface area contributed by atoms with Gasteiger partial charge in [-0.2, -0.15) is 0 Å². The Morgan fingerprint density at radius 1 is 1.45 bits per heavy atom. The molecule has 1 heterocycles. The Morgan fingerprint density at radius 2 is 2.30 bits per heavy atom. The molecule has 0 saturated carbocycles. The van der Waals surface area contributed by atoms with E-state index in [1.54, 1.807) is 25.4 Å². The largest absolute Gasteiger partial charge is 0.383 e. The molecule has 0 aliphatic heterocycles. The Labute approximate surface area is 118 Å². The molecule has 0 saturated heterocycles. The van der Waals surface area contributed by atoms with E-state index < -0.39 is 0 Å². The zero-order valence-corrected chi connectivity index (χ0v) is 11.8. The summed E-state index contributed by atoms with van der Waals surface area (Å²) < 4.78 is 20.3. The van der Waals surface area contributed by atoms with Crippen molar-refractivity contribution in [2.75, 3.05) is 25.6 Å². The van der Waals surface area contributed by atoms with E-state index in [9.17, 15) is 4.39 Å². The standard InChI is InChI=1S/C15H20FN3O/c1-12(11-20-2)19-9-8-18-15(19)17-7-6-13-4-3-5-14(16)10-13/h3-5,8-10,12H,6-7,11H2,1-2H3,(H,17,18). The van der Waals surface area contributed by atoms with Crippen molar-refractivity contribution in [2.45, 2.75) is 19.4 Å². The summed E-state index contributed by atoms with van der Waals surface area (Å²) in [7, 11) is 1.68. The SMILES string of the molecule is COCC(C)n1ccnc1NCCc1cccc(F)c1. The van der Waals surface area contributed by atoms with Crippen molar-refractivity contribution in [3.8, 4) is 0 Å². The minimum Gasteiger partial charge on any atom is -0.383 e. The summed E-state index contributed by atoms with van der Waals surface area (Å²) in [5, 5.41) is 3.27. The highest BCUT2D eigenvalue weighted by atomic mass is 19.1. The lowest BCUT2D eigenvalue weighted by atomic mass is 10.1. The first-order valence-corrected chi connectivity index (χ1v) is 6.71. The Bertz CT molecular complexity index is 541. The van der Waals surface area contributed by atoms with Gasteiger partial charge in [-0.05, 0) is 31.0 Å². The number of hydrogen-bond acceptors (Lipinski definition) is 3. The zero-order chi connectivity index (χ0) is 14.4. The molecule has 2 rings (SSSR count). The molecule has 0 radical (unpaired) electrons. The van der Waals surface area contributed by atoms with Gasteiger partial charge in [-0.3, -0.25) is 0 Å². The number of anilines is 1. The van der Waals surface area contributed by atoms with E-state index in [1.165, 1.54) is 6.07 Å². The molecule has 4 nitrogen and oxygen atoms in total. The van der Waals surface area contributed by atoms with Crippen LogP contribution in [0.5, 0.6) is 0 Å². The maximum Gasteiger partial charge on any atom is 0.203 e. The molecule has 0 amide bonds. The first-order chi connectivity index (χ1) is 9.70. The van der Waals surface area contributed by atoms with Crippen LogP contribution in [0.25, 0.3) is 0 Å². The van der Waals surface area contributed by atoms with Gasteiger partial charge in [-0.25, -0.2) is 9.37 Å². The number of aromatic nitrogens is 2. The molecular formula is C15H20FN3O. The third kappa shape index (κ3) is 3.81. The van der Waals surface area contributed by atoms with E-state index >= 15 is 0 Å². The fourth-order valence-electron chi connectivity index (χ4n) is 2.14. The Hall–Kier alpha value is -1.88. The number of hydrogen-bond donors (Lipinski definition) is 1. The Kier molecular flexibility index (Phi) is 5.12. The second-order valence-corrected chi connectivity index (χ2v) is 4.77. The van der Waals surface area contributed by atoms with Crippen LogP contribution in [0.4, 0.5) is 10.3 Å². The van der Waals surface area contributed by atoms with Crippen molar-refractivity contribution in [3.05, 3.63) is 48.0 Å². The summed E-state index contributed by atoms with van der Waals surface area (Å²) in [5.41, 5.74) is 0.973. The van der Waals surface area contributed by atoms with Gasteiger partial charge < -0.3 is 14.6 Å². The van der Waals surface area contributed by atoms with E-state index in [1.807, 2.05) is 16.8 Å². The highest BCUT2D eigenvalue weighted by Crippen LogP contribution is 2.13. The third-order valence-electron chi connectivity index (χ3n) is 3.14. The average molecular weight is 277 g/mol. The molecule has 108 valence electrons. The molecule has 1 unspecified atom stereocenters. The topological polar surface area (TPSA) is 39.1 Å². The number of ether oxygens (including phenoxy) is 1. The maximum atomic E-state index is 13.1. The van der Waals surface area contributed by atoms with Crippen LogP contribution >= 0.6 is 0 Å². The quantitative estimate of drug-likeness (QED) is 0.846. The van der Waals surface area contributed by atoms with Crippen molar-refractivity contribution < 1.29 is 9.13 Å². The molecular weight excluding hydrogens is 257 g/mol. The first-order valence-electron chi connectivity index (χ1n) is 6.71. The predicted octanol–water partition coefficient (Wildman–Crippen LogP) is 2.88. The molecule has 1 N–H and O–H groups in total. The van der Waals surface area contributed by atoms with Gasteiger partial charge in [0.15, 0.2) is 0 Å². The molecule has 0 bridgehead atoms. The van der Waals surface area contributed by atoms with Crippen LogP contribution in [0.3, 0.4) is 0 Å². The minimum absolute atomic E-state index is 0.197. The van der Waals surface area contributed by atoms with Gasteiger partial charge >= 0.3 is 0 Å². The van der Waals surface area contributed by atoms with Gasteiger partial charge in [0.1, 0.15) is 5.82 Å². The highest BCUT2D eigenvalue weighted by molar-refractivity contribution is 5.27. The Morgan fingerprint density at radius 3 is 3.05 bits per heavy atom. The van der Waals surface area contributed by atoms with Gasteiger partial charge in [0, 0.05) is 26.0 Å². The highest BCUT2D eigenvalue weighted by Gasteiger charge is 2.09. The van der Waals surface area contributed by atoms with E-state index in [4.69, 9.17) is 4.74 Å². The molecule has 0 aliphatic carbocycles. The zero-order valence-electron chi connectivity index (χ0n) is 11.8. The lowest BCUT2D eigenvalue weighted by Crippen LogP contribution is -2.15. The van der Waals surface area contributed by atoms with Crippen LogP contribution in [0.15, 0.2) is 36.7 Å². The summed E-state index contributed by atoms with van der Waals surface area (Å²) in [6.45, 7) is 3.41. The van der Waals surface area contributed by atoms with Crippen molar-refractivity contribution in [3.63, 3.8) is 0 Å². The first kappa shape index (κ1) is 14.5. The van der Waals surface area contributed by atoms with Crippen LogP contribution in [0.2, 0.25) is 0 Å². The predicted molar refractivity (Wildman–Crippen MR) is 77.4 cm³/mol. The summed E-state index contributed by atoms with van der Waals surface area (Å²) in [4.78, 5) is 4.29. The molecule has 0 aliphatic rings.